The fraction of sp³-hybridized carbons (Fsp3) is 0.667. The lowest BCUT2D eigenvalue weighted by atomic mass is 10.4. The molecule has 0 radical (unpaired) electrons. The first-order valence-electron chi connectivity index (χ1n) is 3.17. The van der Waals surface area contributed by atoms with Crippen LogP contribution in [-0.4, -0.2) is 31.0 Å². The van der Waals surface area contributed by atoms with Crippen LogP contribution in [0, 0.1) is 0 Å². The van der Waals surface area contributed by atoms with Gasteiger partial charge in [0.15, 0.2) is 0 Å². The predicted octanol–water partition coefficient (Wildman–Crippen LogP) is 0.505. The third-order valence-corrected chi connectivity index (χ3v) is 1.17. The molecular weight excluding hydrogens is 167 g/mol. The highest BCUT2D eigenvalue weighted by Gasteiger charge is 2.05. The lowest BCUT2D eigenvalue weighted by molar-refractivity contribution is 0.0242. The van der Waals surface area contributed by atoms with Crippen LogP contribution in [0.5, 0.6) is 0 Å². The molecule has 1 N–H and O–H groups in total. The smallest absolute Gasteiger partial charge is 0.388 e. The molecule has 0 aromatic heterocycles. The average molecular weight is 179 g/mol. The van der Waals surface area contributed by atoms with Gasteiger partial charge in [-0.05, 0) is 4.57 Å². The van der Waals surface area contributed by atoms with Crippen LogP contribution >= 0.6 is 8.69 Å². The summed E-state index contributed by atoms with van der Waals surface area (Å²) < 4.78 is 19.1. The molecule has 0 aliphatic carbocycles. The number of rotatable bonds is 7. The Labute approximate surface area is 67.1 Å². The molecule has 0 saturated carbocycles. The molecular formula is C6H12O4P+. The quantitative estimate of drug-likeness (QED) is 0.351. The second-order valence-corrected chi connectivity index (χ2v) is 2.33. The second kappa shape index (κ2) is 7.82. The molecule has 0 saturated heterocycles. The zero-order valence-corrected chi connectivity index (χ0v) is 7.16. The van der Waals surface area contributed by atoms with Gasteiger partial charge in [-0.3, -0.25) is 0 Å². The molecule has 0 aliphatic rings. The van der Waals surface area contributed by atoms with E-state index in [4.69, 9.17) is 9.84 Å². The predicted molar refractivity (Wildman–Crippen MR) is 42.0 cm³/mol. The van der Waals surface area contributed by atoms with E-state index in [1.807, 2.05) is 0 Å². The van der Waals surface area contributed by atoms with Crippen molar-refractivity contribution in [1.29, 1.82) is 0 Å². The van der Waals surface area contributed by atoms with Gasteiger partial charge in [0.25, 0.3) is 0 Å². The standard InChI is InChI=1S/C6H12O4P/c1-2-3-9-4-6(7)5-10-11-8/h2,6-7,11H,1,3-5H2/q+1. The summed E-state index contributed by atoms with van der Waals surface area (Å²) in [6, 6.07) is 0. The summed E-state index contributed by atoms with van der Waals surface area (Å²) in [7, 11) is -0.830. The number of aliphatic hydroxyl groups is 1. The number of hydrogen-bond acceptors (Lipinski definition) is 4. The van der Waals surface area contributed by atoms with Crippen LogP contribution in [0.2, 0.25) is 0 Å². The van der Waals surface area contributed by atoms with Gasteiger partial charge in [0.1, 0.15) is 12.7 Å². The molecule has 4 nitrogen and oxygen atoms in total. The van der Waals surface area contributed by atoms with Crippen LogP contribution in [0.15, 0.2) is 12.7 Å². The van der Waals surface area contributed by atoms with E-state index in [-0.39, 0.29) is 13.2 Å². The number of aliphatic hydroxyl groups excluding tert-OH is 1. The summed E-state index contributed by atoms with van der Waals surface area (Å²) in [6.45, 7) is 4.05. The van der Waals surface area contributed by atoms with Crippen molar-refractivity contribution in [2.24, 2.45) is 0 Å². The molecule has 0 spiro atoms. The fourth-order valence-electron chi connectivity index (χ4n) is 0.466. The van der Waals surface area contributed by atoms with Crippen molar-refractivity contribution >= 4 is 8.69 Å². The minimum Gasteiger partial charge on any atom is -0.388 e. The van der Waals surface area contributed by atoms with Gasteiger partial charge in [-0.1, -0.05) is 6.08 Å². The molecule has 0 heterocycles. The van der Waals surface area contributed by atoms with Crippen molar-refractivity contribution in [3.63, 3.8) is 0 Å². The van der Waals surface area contributed by atoms with Gasteiger partial charge in [-0.2, -0.15) is 0 Å². The summed E-state index contributed by atoms with van der Waals surface area (Å²) in [5, 5.41) is 8.99. The van der Waals surface area contributed by atoms with Gasteiger partial charge in [-0.15, -0.1) is 11.1 Å². The van der Waals surface area contributed by atoms with E-state index in [0.29, 0.717) is 6.61 Å². The molecule has 64 valence electrons. The van der Waals surface area contributed by atoms with Gasteiger partial charge < -0.3 is 9.84 Å². The summed E-state index contributed by atoms with van der Waals surface area (Å²) in [5.41, 5.74) is 0. The van der Waals surface area contributed by atoms with E-state index in [9.17, 15) is 4.57 Å². The summed E-state index contributed by atoms with van der Waals surface area (Å²) in [4.78, 5) is 0. The summed E-state index contributed by atoms with van der Waals surface area (Å²) in [5.74, 6) is 0. The highest BCUT2D eigenvalue weighted by atomic mass is 31.1. The molecule has 0 aromatic carbocycles. The van der Waals surface area contributed by atoms with Crippen LogP contribution in [0.25, 0.3) is 0 Å². The monoisotopic (exact) mass is 179 g/mol. The van der Waals surface area contributed by atoms with Gasteiger partial charge in [0.2, 0.25) is 0 Å². The maximum absolute atomic E-state index is 9.80. The van der Waals surface area contributed by atoms with Crippen molar-refractivity contribution in [2.45, 2.75) is 6.10 Å². The first-order valence-corrected chi connectivity index (χ1v) is 3.98. The highest BCUT2D eigenvalue weighted by Crippen LogP contribution is 1.96. The number of hydrogen-bond donors (Lipinski definition) is 1. The van der Waals surface area contributed by atoms with E-state index in [1.165, 1.54) is 0 Å². The Morgan fingerprint density at radius 1 is 1.64 bits per heavy atom. The van der Waals surface area contributed by atoms with E-state index in [2.05, 4.69) is 11.1 Å². The minimum atomic E-state index is -0.830. The molecule has 0 rings (SSSR count). The van der Waals surface area contributed by atoms with Gasteiger partial charge in [0.05, 0.1) is 13.2 Å². The van der Waals surface area contributed by atoms with E-state index in [0.717, 1.165) is 0 Å². The highest BCUT2D eigenvalue weighted by molar-refractivity contribution is 7.17. The topological polar surface area (TPSA) is 55.8 Å². The zero-order chi connectivity index (χ0) is 8.53. The van der Waals surface area contributed by atoms with Crippen molar-refractivity contribution in [2.75, 3.05) is 19.8 Å². The van der Waals surface area contributed by atoms with Crippen LogP contribution in [0.1, 0.15) is 0 Å². The van der Waals surface area contributed by atoms with Crippen molar-refractivity contribution in [1.82, 2.24) is 0 Å². The lowest BCUT2D eigenvalue weighted by Gasteiger charge is -2.04. The van der Waals surface area contributed by atoms with Crippen LogP contribution in [0.3, 0.4) is 0 Å². The second-order valence-electron chi connectivity index (χ2n) is 1.87. The van der Waals surface area contributed by atoms with E-state index >= 15 is 0 Å². The van der Waals surface area contributed by atoms with Crippen molar-refractivity contribution in [3.8, 4) is 0 Å². The van der Waals surface area contributed by atoms with E-state index in [1.54, 1.807) is 6.08 Å². The Morgan fingerprint density at radius 3 is 2.91 bits per heavy atom. The number of ether oxygens (including phenoxy) is 1. The SMILES string of the molecule is C=CCOCC(O)CO[PH+]=O. The molecule has 2 unspecified atom stereocenters. The fourth-order valence-corrected chi connectivity index (χ4v) is 0.726. The van der Waals surface area contributed by atoms with Crippen LogP contribution in [-0.2, 0) is 13.8 Å². The normalized spacial score (nSPS) is 13.2. The molecule has 0 aromatic rings. The Kier molecular flexibility index (Phi) is 7.62. The van der Waals surface area contributed by atoms with Crippen LogP contribution in [0.4, 0.5) is 0 Å². The largest absolute Gasteiger partial charge is 0.494 e. The lowest BCUT2D eigenvalue weighted by Crippen LogP contribution is -2.19. The molecule has 0 bridgehead atoms. The zero-order valence-electron chi connectivity index (χ0n) is 6.16. The van der Waals surface area contributed by atoms with Crippen LogP contribution < -0.4 is 0 Å². The molecule has 0 amide bonds. The maximum Gasteiger partial charge on any atom is 0.494 e. The van der Waals surface area contributed by atoms with Crippen molar-refractivity contribution < 1.29 is 18.9 Å². The third kappa shape index (κ3) is 7.62. The molecule has 2 atom stereocenters. The third-order valence-electron chi connectivity index (χ3n) is 0.881. The first kappa shape index (κ1) is 10.7. The Hall–Kier alpha value is -0.280. The van der Waals surface area contributed by atoms with E-state index < -0.39 is 14.8 Å². The summed E-state index contributed by atoms with van der Waals surface area (Å²) >= 11 is 0. The Balaban J connectivity index is 3.14. The van der Waals surface area contributed by atoms with Gasteiger partial charge in [0, 0.05) is 0 Å². The molecule has 0 fully saturated rings. The molecule has 0 aliphatic heterocycles. The Bertz CT molecular complexity index is 117. The Morgan fingerprint density at radius 2 is 2.36 bits per heavy atom. The van der Waals surface area contributed by atoms with Gasteiger partial charge in [-0.25, -0.2) is 0 Å². The molecule has 11 heavy (non-hydrogen) atoms. The summed E-state index contributed by atoms with van der Waals surface area (Å²) in [6.07, 6.45) is 0.875. The molecule has 5 heteroatoms. The maximum atomic E-state index is 9.80. The van der Waals surface area contributed by atoms with Gasteiger partial charge >= 0.3 is 8.69 Å². The minimum absolute atomic E-state index is 0.0408. The average Bonchev–Trinajstić information content (AvgIpc) is 2.01. The first-order chi connectivity index (χ1) is 5.31. The van der Waals surface area contributed by atoms with Crippen molar-refractivity contribution in [3.05, 3.63) is 12.7 Å².